The summed E-state index contributed by atoms with van der Waals surface area (Å²) in [5, 5.41) is 6.83. The maximum atomic E-state index is 13.7. The Labute approximate surface area is 157 Å². The Hall–Kier alpha value is -3.00. The predicted octanol–water partition coefficient (Wildman–Crippen LogP) is 4.58. The SMILES string of the molecule is O=C(Nc1nn(Cc2ccccc2F)cc1Cl)c1ccc(OC(F)F)cc1. The van der Waals surface area contributed by atoms with Crippen LogP contribution >= 0.6 is 11.6 Å². The van der Waals surface area contributed by atoms with Crippen LogP contribution in [0.4, 0.5) is 19.0 Å². The highest BCUT2D eigenvalue weighted by atomic mass is 35.5. The fraction of sp³-hybridized carbons (Fsp3) is 0.111. The van der Waals surface area contributed by atoms with Crippen molar-refractivity contribution in [2.75, 3.05) is 5.32 Å². The highest BCUT2D eigenvalue weighted by Crippen LogP contribution is 2.22. The third kappa shape index (κ3) is 4.79. The zero-order valence-electron chi connectivity index (χ0n) is 13.7. The molecule has 1 amide bonds. The van der Waals surface area contributed by atoms with Crippen LogP contribution in [-0.4, -0.2) is 22.3 Å². The van der Waals surface area contributed by atoms with Gasteiger partial charge in [0.15, 0.2) is 5.82 Å². The molecule has 0 unspecified atom stereocenters. The lowest BCUT2D eigenvalue weighted by molar-refractivity contribution is -0.0498. The van der Waals surface area contributed by atoms with Crippen LogP contribution in [0.25, 0.3) is 0 Å². The van der Waals surface area contributed by atoms with Crippen molar-refractivity contribution in [1.82, 2.24) is 9.78 Å². The van der Waals surface area contributed by atoms with Gasteiger partial charge in [-0.25, -0.2) is 4.39 Å². The second-order valence-electron chi connectivity index (χ2n) is 5.47. The fourth-order valence-electron chi connectivity index (χ4n) is 2.33. The van der Waals surface area contributed by atoms with Crippen molar-refractivity contribution in [2.24, 2.45) is 0 Å². The van der Waals surface area contributed by atoms with E-state index in [1.165, 1.54) is 41.2 Å². The molecule has 9 heteroatoms. The van der Waals surface area contributed by atoms with Crippen molar-refractivity contribution in [3.63, 3.8) is 0 Å². The van der Waals surface area contributed by atoms with Gasteiger partial charge >= 0.3 is 6.61 Å². The summed E-state index contributed by atoms with van der Waals surface area (Å²) in [6.45, 7) is -2.80. The summed E-state index contributed by atoms with van der Waals surface area (Å²) >= 11 is 6.07. The Morgan fingerprint density at radius 1 is 1.19 bits per heavy atom. The molecule has 0 fully saturated rings. The van der Waals surface area contributed by atoms with Gasteiger partial charge < -0.3 is 10.1 Å². The second-order valence-corrected chi connectivity index (χ2v) is 5.88. The van der Waals surface area contributed by atoms with Crippen molar-refractivity contribution in [2.45, 2.75) is 13.2 Å². The first-order chi connectivity index (χ1) is 12.9. The zero-order valence-corrected chi connectivity index (χ0v) is 14.5. The minimum Gasteiger partial charge on any atom is -0.435 e. The number of rotatable bonds is 6. The molecule has 1 N–H and O–H groups in total. The first-order valence-corrected chi connectivity index (χ1v) is 8.13. The number of anilines is 1. The molecule has 5 nitrogen and oxygen atoms in total. The molecule has 0 atom stereocenters. The van der Waals surface area contributed by atoms with Crippen molar-refractivity contribution in [3.05, 3.63) is 76.7 Å². The molecule has 1 aromatic heterocycles. The van der Waals surface area contributed by atoms with E-state index in [0.29, 0.717) is 5.56 Å². The molecule has 0 saturated carbocycles. The van der Waals surface area contributed by atoms with Gasteiger partial charge in [-0.1, -0.05) is 29.8 Å². The molecule has 0 aliphatic heterocycles. The highest BCUT2D eigenvalue weighted by Gasteiger charge is 2.14. The van der Waals surface area contributed by atoms with Gasteiger partial charge in [-0.15, -0.1) is 0 Å². The van der Waals surface area contributed by atoms with E-state index < -0.39 is 12.5 Å². The smallest absolute Gasteiger partial charge is 0.387 e. The van der Waals surface area contributed by atoms with Gasteiger partial charge in [0.25, 0.3) is 5.91 Å². The number of carbonyl (C=O) groups excluding carboxylic acids is 1. The molecule has 0 saturated heterocycles. The standard InChI is InChI=1S/C18H13ClF3N3O2/c19-14-10-25(9-12-3-1-2-4-15(12)20)24-16(14)23-17(26)11-5-7-13(8-6-11)27-18(21)22/h1-8,10,18H,9H2,(H,23,24,26). The van der Waals surface area contributed by atoms with Crippen LogP contribution in [0.5, 0.6) is 5.75 Å². The number of carbonyl (C=O) groups is 1. The van der Waals surface area contributed by atoms with Crippen LogP contribution < -0.4 is 10.1 Å². The maximum absolute atomic E-state index is 13.7. The lowest BCUT2D eigenvalue weighted by Gasteiger charge is -2.06. The third-order valence-corrected chi connectivity index (χ3v) is 3.86. The van der Waals surface area contributed by atoms with Crippen LogP contribution in [0.15, 0.2) is 54.7 Å². The highest BCUT2D eigenvalue weighted by molar-refractivity contribution is 6.33. The van der Waals surface area contributed by atoms with Gasteiger partial charge in [-0.3, -0.25) is 9.48 Å². The van der Waals surface area contributed by atoms with Gasteiger partial charge in [0, 0.05) is 17.3 Å². The summed E-state index contributed by atoms with van der Waals surface area (Å²) in [6.07, 6.45) is 1.46. The van der Waals surface area contributed by atoms with Gasteiger partial charge in [-0.2, -0.15) is 13.9 Å². The number of hydrogen-bond acceptors (Lipinski definition) is 3. The number of halogens is 4. The average Bonchev–Trinajstić information content (AvgIpc) is 2.96. The predicted molar refractivity (Wildman–Crippen MR) is 93.8 cm³/mol. The van der Waals surface area contributed by atoms with Crippen LogP contribution in [0.1, 0.15) is 15.9 Å². The molecule has 0 aliphatic rings. The Morgan fingerprint density at radius 2 is 1.89 bits per heavy atom. The summed E-state index contributed by atoms with van der Waals surface area (Å²) in [4.78, 5) is 12.3. The third-order valence-electron chi connectivity index (χ3n) is 3.58. The summed E-state index contributed by atoms with van der Waals surface area (Å²) in [6, 6.07) is 11.4. The molecule has 0 spiro atoms. The molecule has 3 rings (SSSR count). The van der Waals surface area contributed by atoms with Crippen LogP contribution in [-0.2, 0) is 6.54 Å². The normalized spacial score (nSPS) is 10.9. The largest absolute Gasteiger partial charge is 0.435 e. The molecule has 0 radical (unpaired) electrons. The Morgan fingerprint density at radius 3 is 2.56 bits per heavy atom. The monoisotopic (exact) mass is 395 g/mol. The van der Waals surface area contributed by atoms with E-state index in [4.69, 9.17) is 11.6 Å². The van der Waals surface area contributed by atoms with Crippen molar-refractivity contribution in [1.29, 1.82) is 0 Å². The zero-order chi connectivity index (χ0) is 19.4. The van der Waals surface area contributed by atoms with Gasteiger partial charge in [0.05, 0.1) is 6.54 Å². The van der Waals surface area contributed by atoms with Gasteiger partial charge in [-0.05, 0) is 30.3 Å². The molecule has 27 heavy (non-hydrogen) atoms. The number of amides is 1. The quantitative estimate of drug-likeness (QED) is 0.664. The van der Waals surface area contributed by atoms with Crippen LogP contribution in [0.3, 0.4) is 0 Å². The number of alkyl halides is 2. The molecule has 1 heterocycles. The minimum atomic E-state index is -2.94. The number of aromatic nitrogens is 2. The first-order valence-electron chi connectivity index (χ1n) is 7.75. The Balaban J connectivity index is 1.69. The first kappa shape index (κ1) is 18.8. The fourth-order valence-corrected chi connectivity index (χ4v) is 2.53. The summed E-state index contributed by atoms with van der Waals surface area (Å²) in [5.74, 6) is -0.864. The van der Waals surface area contributed by atoms with Crippen LogP contribution in [0.2, 0.25) is 5.02 Å². The second kappa shape index (κ2) is 8.13. The van der Waals surface area contributed by atoms with E-state index in [9.17, 15) is 18.0 Å². The number of nitrogens with zero attached hydrogens (tertiary/aromatic N) is 2. The van der Waals surface area contributed by atoms with Crippen molar-refractivity contribution >= 4 is 23.3 Å². The average molecular weight is 396 g/mol. The molecule has 3 aromatic rings. The summed E-state index contributed by atoms with van der Waals surface area (Å²) < 4.78 is 43.6. The van der Waals surface area contributed by atoms with Crippen molar-refractivity contribution < 1.29 is 22.7 Å². The molecule has 140 valence electrons. The van der Waals surface area contributed by atoms with E-state index in [2.05, 4.69) is 15.2 Å². The Bertz CT molecular complexity index is 945. The summed E-state index contributed by atoms with van der Waals surface area (Å²) in [5.41, 5.74) is 0.625. The van der Waals surface area contributed by atoms with Crippen LogP contribution in [0, 0.1) is 5.82 Å². The van der Waals surface area contributed by atoms with Gasteiger partial charge in [0.2, 0.25) is 0 Å². The number of nitrogens with one attached hydrogen (secondary N) is 1. The summed E-state index contributed by atoms with van der Waals surface area (Å²) in [7, 11) is 0. The number of benzene rings is 2. The maximum Gasteiger partial charge on any atom is 0.387 e. The minimum absolute atomic E-state index is 0.0613. The van der Waals surface area contributed by atoms with E-state index in [0.717, 1.165) is 0 Å². The van der Waals surface area contributed by atoms with E-state index in [-0.39, 0.29) is 34.5 Å². The van der Waals surface area contributed by atoms with Crippen molar-refractivity contribution in [3.8, 4) is 5.75 Å². The van der Waals surface area contributed by atoms with E-state index in [1.807, 2.05) is 0 Å². The molecular weight excluding hydrogens is 383 g/mol. The topological polar surface area (TPSA) is 56.2 Å². The number of ether oxygens (including phenoxy) is 1. The lowest BCUT2D eigenvalue weighted by Crippen LogP contribution is -2.13. The van der Waals surface area contributed by atoms with E-state index >= 15 is 0 Å². The lowest BCUT2D eigenvalue weighted by atomic mass is 10.2. The number of hydrogen-bond donors (Lipinski definition) is 1. The Kier molecular flexibility index (Phi) is 5.66. The molecular formula is C18H13ClF3N3O2. The molecule has 0 bridgehead atoms. The van der Waals surface area contributed by atoms with Gasteiger partial charge in [0.1, 0.15) is 16.6 Å². The van der Waals surface area contributed by atoms with E-state index in [1.54, 1.807) is 18.2 Å². The molecule has 2 aromatic carbocycles. The molecule has 0 aliphatic carbocycles.